The Labute approximate surface area is 113 Å². The minimum Gasteiger partial charge on any atom is -0.497 e. The van der Waals surface area contributed by atoms with E-state index in [-0.39, 0.29) is 6.54 Å². The van der Waals surface area contributed by atoms with E-state index in [0.29, 0.717) is 11.4 Å². The lowest BCUT2D eigenvalue weighted by atomic mass is 10.3. The Morgan fingerprint density at radius 1 is 1.44 bits per heavy atom. The number of nitrogens with one attached hydrogen (secondary N) is 1. The van der Waals surface area contributed by atoms with Crippen LogP contribution in [0.15, 0.2) is 22.7 Å². The molecule has 1 aromatic carbocycles. The van der Waals surface area contributed by atoms with Gasteiger partial charge in [-0.3, -0.25) is 4.79 Å². The molecular weight excluding hydrogens is 304 g/mol. The molecule has 0 radical (unpaired) electrons. The van der Waals surface area contributed by atoms with E-state index in [1.165, 1.54) is 14.2 Å². The summed E-state index contributed by atoms with van der Waals surface area (Å²) in [5.41, 5.74) is 0.517. The summed E-state index contributed by atoms with van der Waals surface area (Å²) in [7, 11) is 2.92. The minimum atomic E-state index is -1.07. The van der Waals surface area contributed by atoms with E-state index in [1.807, 2.05) is 0 Å². The Kier molecular flexibility index (Phi) is 4.96. The van der Waals surface area contributed by atoms with Crippen LogP contribution in [0.3, 0.4) is 0 Å². The van der Waals surface area contributed by atoms with Gasteiger partial charge in [-0.15, -0.1) is 0 Å². The lowest BCUT2D eigenvalue weighted by Crippen LogP contribution is -2.35. The molecule has 0 aliphatic carbocycles. The molecule has 0 heterocycles. The van der Waals surface area contributed by atoms with Crippen molar-refractivity contribution in [1.82, 2.24) is 4.90 Å². The Bertz CT molecular complexity index is 464. The normalized spacial score (nSPS) is 9.72. The van der Waals surface area contributed by atoms with Crippen LogP contribution in [0, 0.1) is 0 Å². The van der Waals surface area contributed by atoms with Gasteiger partial charge < -0.3 is 20.1 Å². The van der Waals surface area contributed by atoms with Crippen molar-refractivity contribution in [1.29, 1.82) is 0 Å². The molecule has 0 aromatic heterocycles. The Morgan fingerprint density at radius 2 is 2.11 bits per heavy atom. The summed E-state index contributed by atoms with van der Waals surface area (Å²) in [6.07, 6.45) is 0. The van der Waals surface area contributed by atoms with Crippen LogP contribution in [0.5, 0.6) is 5.75 Å². The van der Waals surface area contributed by atoms with Gasteiger partial charge in [0.2, 0.25) is 0 Å². The van der Waals surface area contributed by atoms with E-state index in [9.17, 15) is 9.59 Å². The van der Waals surface area contributed by atoms with Gasteiger partial charge in [0.1, 0.15) is 12.3 Å². The van der Waals surface area contributed by atoms with Crippen molar-refractivity contribution in [3.05, 3.63) is 22.7 Å². The van der Waals surface area contributed by atoms with Crippen LogP contribution in [0.2, 0.25) is 0 Å². The summed E-state index contributed by atoms with van der Waals surface area (Å²) in [6.45, 7) is -0.364. The van der Waals surface area contributed by atoms with Crippen LogP contribution < -0.4 is 10.1 Å². The molecule has 0 saturated heterocycles. The molecular formula is C11H13BrN2O4. The Balaban J connectivity index is 2.75. The van der Waals surface area contributed by atoms with Crippen molar-refractivity contribution >= 4 is 33.6 Å². The van der Waals surface area contributed by atoms with Crippen molar-refractivity contribution in [3.8, 4) is 5.75 Å². The molecule has 0 saturated carbocycles. The number of halogens is 1. The lowest BCUT2D eigenvalue weighted by Gasteiger charge is -2.16. The van der Waals surface area contributed by atoms with Crippen molar-refractivity contribution in [2.75, 3.05) is 26.0 Å². The number of aliphatic carboxylic acids is 1. The summed E-state index contributed by atoms with van der Waals surface area (Å²) in [5, 5.41) is 11.2. The summed E-state index contributed by atoms with van der Waals surface area (Å²) in [6, 6.07) is 4.57. The van der Waals surface area contributed by atoms with Crippen LogP contribution in [-0.4, -0.2) is 42.7 Å². The van der Waals surface area contributed by atoms with Crippen LogP contribution in [0.1, 0.15) is 0 Å². The number of ether oxygens (including phenoxy) is 1. The van der Waals surface area contributed by atoms with Crippen LogP contribution in [-0.2, 0) is 4.79 Å². The number of urea groups is 1. The monoisotopic (exact) mass is 316 g/mol. The van der Waals surface area contributed by atoms with Gasteiger partial charge in [-0.1, -0.05) is 15.9 Å². The zero-order chi connectivity index (χ0) is 13.7. The zero-order valence-electron chi connectivity index (χ0n) is 9.94. The first-order valence-electron chi connectivity index (χ1n) is 5.01. The molecule has 0 unspecified atom stereocenters. The van der Waals surface area contributed by atoms with Crippen LogP contribution >= 0.6 is 15.9 Å². The van der Waals surface area contributed by atoms with Gasteiger partial charge in [0.15, 0.2) is 0 Å². The first-order valence-corrected chi connectivity index (χ1v) is 5.80. The standard InChI is InChI=1S/C11H13BrN2O4/c1-14(6-10(15)16)11(17)13-8-3-7(12)4-9(5-8)18-2/h3-5H,6H2,1-2H3,(H,13,17)(H,15,16). The summed E-state index contributed by atoms with van der Waals surface area (Å²) >= 11 is 3.28. The highest BCUT2D eigenvalue weighted by atomic mass is 79.9. The van der Waals surface area contributed by atoms with E-state index in [4.69, 9.17) is 9.84 Å². The number of carbonyl (C=O) groups excluding carboxylic acids is 1. The number of likely N-dealkylation sites (N-methyl/N-ethyl adjacent to an activating group) is 1. The fraction of sp³-hybridized carbons (Fsp3) is 0.273. The number of nitrogens with zero attached hydrogens (tertiary/aromatic N) is 1. The average Bonchev–Trinajstić information content (AvgIpc) is 2.27. The van der Waals surface area contributed by atoms with Crippen molar-refractivity contribution in [2.24, 2.45) is 0 Å². The second kappa shape index (κ2) is 6.25. The maximum atomic E-state index is 11.7. The molecule has 18 heavy (non-hydrogen) atoms. The third kappa shape index (κ3) is 4.25. The molecule has 0 atom stereocenters. The molecule has 2 N–H and O–H groups in total. The number of carboxylic acids is 1. The minimum absolute atomic E-state index is 0.364. The van der Waals surface area contributed by atoms with Crippen molar-refractivity contribution < 1.29 is 19.4 Å². The van der Waals surface area contributed by atoms with E-state index in [2.05, 4.69) is 21.2 Å². The van der Waals surface area contributed by atoms with Gasteiger partial charge in [0, 0.05) is 23.3 Å². The number of carbonyl (C=O) groups is 2. The molecule has 0 bridgehead atoms. The lowest BCUT2D eigenvalue weighted by molar-refractivity contribution is -0.137. The van der Waals surface area contributed by atoms with E-state index in [1.54, 1.807) is 18.2 Å². The van der Waals surface area contributed by atoms with Gasteiger partial charge in [0.05, 0.1) is 7.11 Å². The number of anilines is 1. The second-order valence-corrected chi connectivity index (χ2v) is 4.48. The highest BCUT2D eigenvalue weighted by Crippen LogP contribution is 2.24. The first-order chi connectivity index (χ1) is 8.42. The number of benzene rings is 1. The molecule has 98 valence electrons. The van der Waals surface area contributed by atoms with Crippen molar-refractivity contribution in [3.63, 3.8) is 0 Å². The number of hydrogen-bond donors (Lipinski definition) is 2. The Hall–Kier alpha value is -1.76. The SMILES string of the molecule is COc1cc(Br)cc(NC(=O)N(C)CC(=O)O)c1. The van der Waals surface area contributed by atoms with E-state index in [0.717, 1.165) is 9.37 Å². The topological polar surface area (TPSA) is 78.9 Å². The Morgan fingerprint density at radius 3 is 2.67 bits per heavy atom. The largest absolute Gasteiger partial charge is 0.497 e. The third-order valence-corrected chi connectivity index (χ3v) is 2.54. The summed E-state index contributed by atoms with van der Waals surface area (Å²) in [4.78, 5) is 23.2. The van der Waals surface area contributed by atoms with Gasteiger partial charge in [-0.05, 0) is 12.1 Å². The highest BCUT2D eigenvalue weighted by Gasteiger charge is 2.12. The van der Waals surface area contributed by atoms with Crippen LogP contribution in [0.4, 0.5) is 10.5 Å². The molecule has 6 nitrogen and oxygen atoms in total. The van der Waals surface area contributed by atoms with E-state index < -0.39 is 12.0 Å². The number of methoxy groups -OCH3 is 1. The van der Waals surface area contributed by atoms with Gasteiger partial charge in [-0.2, -0.15) is 0 Å². The number of carboxylic acid groups (broad SMARTS) is 1. The summed E-state index contributed by atoms with van der Waals surface area (Å²) < 4.78 is 5.80. The molecule has 0 fully saturated rings. The van der Waals surface area contributed by atoms with Crippen molar-refractivity contribution in [2.45, 2.75) is 0 Å². The number of rotatable bonds is 4. The predicted molar refractivity (Wildman–Crippen MR) is 70.0 cm³/mol. The highest BCUT2D eigenvalue weighted by molar-refractivity contribution is 9.10. The van der Waals surface area contributed by atoms with Gasteiger partial charge >= 0.3 is 12.0 Å². The fourth-order valence-electron chi connectivity index (χ4n) is 1.25. The fourth-order valence-corrected chi connectivity index (χ4v) is 1.72. The number of amides is 2. The molecule has 2 amide bonds. The zero-order valence-corrected chi connectivity index (χ0v) is 11.5. The molecule has 0 spiro atoms. The quantitative estimate of drug-likeness (QED) is 0.890. The molecule has 0 aliphatic rings. The van der Waals surface area contributed by atoms with Crippen LogP contribution in [0.25, 0.3) is 0 Å². The van der Waals surface area contributed by atoms with E-state index >= 15 is 0 Å². The predicted octanol–water partition coefficient (Wildman–Crippen LogP) is 2.01. The molecule has 0 aliphatic heterocycles. The van der Waals surface area contributed by atoms with Gasteiger partial charge in [0.25, 0.3) is 0 Å². The molecule has 1 rings (SSSR count). The third-order valence-electron chi connectivity index (χ3n) is 2.08. The molecule has 1 aromatic rings. The summed E-state index contributed by atoms with van der Waals surface area (Å²) in [5.74, 6) is -0.486. The second-order valence-electron chi connectivity index (χ2n) is 3.56. The van der Waals surface area contributed by atoms with Gasteiger partial charge in [-0.25, -0.2) is 4.79 Å². The number of hydrogen-bond acceptors (Lipinski definition) is 3. The average molecular weight is 317 g/mol. The molecule has 7 heteroatoms. The smallest absolute Gasteiger partial charge is 0.323 e. The maximum Gasteiger partial charge on any atom is 0.323 e. The first kappa shape index (κ1) is 14.3. The maximum absolute atomic E-state index is 11.7.